The molecule has 1 aromatic heterocycles. The summed E-state index contributed by atoms with van der Waals surface area (Å²) < 4.78 is 13.8. The van der Waals surface area contributed by atoms with Crippen LogP contribution >= 0.6 is 0 Å². The Morgan fingerprint density at radius 1 is 1.24 bits per heavy atom. The second kappa shape index (κ2) is 4.73. The van der Waals surface area contributed by atoms with Crippen LogP contribution in [0.3, 0.4) is 0 Å². The summed E-state index contributed by atoms with van der Waals surface area (Å²) in [4.78, 5) is 4.26. The minimum atomic E-state index is -0.139. The van der Waals surface area contributed by atoms with Crippen LogP contribution in [0.4, 0.5) is 4.39 Å². The highest BCUT2D eigenvalue weighted by Crippen LogP contribution is 2.39. The second-order valence-corrected chi connectivity index (χ2v) is 5.33. The maximum atomic E-state index is 13.8. The predicted octanol–water partition coefficient (Wildman–Crippen LogP) is 3.13. The highest BCUT2D eigenvalue weighted by atomic mass is 19.1. The zero-order chi connectivity index (χ0) is 11.7. The Hall–Kier alpha value is -0.960. The van der Waals surface area contributed by atoms with Crippen molar-refractivity contribution in [3.8, 4) is 0 Å². The summed E-state index contributed by atoms with van der Waals surface area (Å²) in [5, 5.41) is 3.40. The fraction of sp³-hybridized carbons (Fsp3) is 0.643. The van der Waals surface area contributed by atoms with Crippen molar-refractivity contribution in [2.75, 3.05) is 0 Å². The molecule has 0 radical (unpaired) electrons. The topological polar surface area (TPSA) is 24.9 Å². The molecule has 0 spiro atoms. The van der Waals surface area contributed by atoms with Gasteiger partial charge in [-0.2, -0.15) is 0 Å². The third kappa shape index (κ3) is 2.65. The molecule has 3 heteroatoms. The Kier molecular flexibility index (Phi) is 3.10. The summed E-state index contributed by atoms with van der Waals surface area (Å²) in [6.07, 6.45) is 9.29. The standard InChI is InChI=1S/C14H19FN2/c15-13-7-11(10-5-6-10)8-17-14(13)9-16-12-3-1-2-4-12/h7-8,10,12,16H,1-6,9H2. The summed E-state index contributed by atoms with van der Waals surface area (Å²) in [5.41, 5.74) is 1.65. The summed E-state index contributed by atoms with van der Waals surface area (Å²) in [6.45, 7) is 0.571. The molecule has 0 bridgehead atoms. The summed E-state index contributed by atoms with van der Waals surface area (Å²) >= 11 is 0. The monoisotopic (exact) mass is 234 g/mol. The van der Waals surface area contributed by atoms with Gasteiger partial charge in [0.15, 0.2) is 0 Å². The van der Waals surface area contributed by atoms with E-state index < -0.39 is 0 Å². The lowest BCUT2D eigenvalue weighted by molar-refractivity contribution is 0.500. The lowest BCUT2D eigenvalue weighted by Gasteiger charge is -2.12. The molecule has 0 saturated heterocycles. The molecule has 2 fully saturated rings. The minimum absolute atomic E-state index is 0.139. The number of halogens is 1. The number of hydrogen-bond acceptors (Lipinski definition) is 2. The predicted molar refractivity (Wildman–Crippen MR) is 65.3 cm³/mol. The molecule has 1 N–H and O–H groups in total. The molecular weight excluding hydrogens is 215 g/mol. The van der Waals surface area contributed by atoms with E-state index in [4.69, 9.17) is 0 Å². The van der Waals surface area contributed by atoms with Crippen LogP contribution < -0.4 is 5.32 Å². The van der Waals surface area contributed by atoms with Crippen LogP contribution in [0.15, 0.2) is 12.3 Å². The Morgan fingerprint density at radius 2 is 2.00 bits per heavy atom. The van der Waals surface area contributed by atoms with E-state index in [0.29, 0.717) is 24.2 Å². The number of nitrogens with zero attached hydrogens (tertiary/aromatic N) is 1. The van der Waals surface area contributed by atoms with Crippen molar-refractivity contribution in [2.24, 2.45) is 0 Å². The molecule has 2 aliphatic carbocycles. The first-order valence-electron chi connectivity index (χ1n) is 6.70. The van der Waals surface area contributed by atoms with Gasteiger partial charge >= 0.3 is 0 Å². The molecule has 0 aliphatic heterocycles. The molecule has 3 rings (SSSR count). The lowest BCUT2D eigenvalue weighted by Crippen LogP contribution is -2.26. The van der Waals surface area contributed by atoms with Gasteiger partial charge in [0.25, 0.3) is 0 Å². The van der Waals surface area contributed by atoms with Crippen molar-refractivity contribution in [3.63, 3.8) is 0 Å². The molecule has 0 aromatic carbocycles. The van der Waals surface area contributed by atoms with E-state index in [9.17, 15) is 4.39 Å². The maximum absolute atomic E-state index is 13.8. The molecule has 92 valence electrons. The Balaban J connectivity index is 1.61. The first kappa shape index (κ1) is 11.1. The van der Waals surface area contributed by atoms with Crippen LogP contribution in [-0.2, 0) is 6.54 Å². The molecule has 17 heavy (non-hydrogen) atoms. The van der Waals surface area contributed by atoms with E-state index in [1.165, 1.54) is 38.5 Å². The molecule has 2 saturated carbocycles. The van der Waals surface area contributed by atoms with E-state index in [1.54, 1.807) is 6.07 Å². The van der Waals surface area contributed by atoms with E-state index in [1.807, 2.05) is 6.20 Å². The van der Waals surface area contributed by atoms with Gasteiger partial charge in [-0.25, -0.2) is 4.39 Å². The van der Waals surface area contributed by atoms with Crippen LogP contribution in [0, 0.1) is 5.82 Å². The molecule has 1 aromatic rings. The fourth-order valence-corrected chi connectivity index (χ4v) is 2.62. The van der Waals surface area contributed by atoms with E-state index in [0.717, 1.165) is 5.56 Å². The van der Waals surface area contributed by atoms with Crippen LogP contribution in [-0.4, -0.2) is 11.0 Å². The molecule has 0 unspecified atom stereocenters. The normalized spacial score (nSPS) is 21.0. The zero-order valence-electron chi connectivity index (χ0n) is 10.1. The number of hydrogen-bond donors (Lipinski definition) is 1. The highest BCUT2D eigenvalue weighted by molar-refractivity contribution is 5.23. The third-order valence-corrected chi connectivity index (χ3v) is 3.90. The minimum Gasteiger partial charge on any atom is -0.308 e. The van der Waals surface area contributed by atoms with Crippen molar-refractivity contribution in [1.82, 2.24) is 10.3 Å². The van der Waals surface area contributed by atoms with Gasteiger partial charge in [0.2, 0.25) is 0 Å². The average Bonchev–Trinajstić information content (AvgIpc) is 3.05. The van der Waals surface area contributed by atoms with E-state index in [-0.39, 0.29) is 5.82 Å². The summed E-state index contributed by atoms with van der Waals surface area (Å²) in [5.74, 6) is 0.439. The van der Waals surface area contributed by atoms with Crippen LogP contribution in [0.25, 0.3) is 0 Å². The van der Waals surface area contributed by atoms with Gasteiger partial charge in [-0.15, -0.1) is 0 Å². The van der Waals surface area contributed by atoms with Crippen molar-refractivity contribution < 1.29 is 4.39 Å². The lowest BCUT2D eigenvalue weighted by atomic mass is 10.1. The first-order valence-corrected chi connectivity index (χ1v) is 6.70. The van der Waals surface area contributed by atoms with Crippen molar-refractivity contribution in [2.45, 2.75) is 57.0 Å². The summed E-state index contributed by atoms with van der Waals surface area (Å²) in [7, 11) is 0. The average molecular weight is 234 g/mol. The van der Waals surface area contributed by atoms with Crippen LogP contribution in [0.5, 0.6) is 0 Å². The Bertz CT molecular complexity index is 395. The van der Waals surface area contributed by atoms with Crippen LogP contribution in [0.1, 0.15) is 55.7 Å². The van der Waals surface area contributed by atoms with Gasteiger partial charge in [0.1, 0.15) is 5.82 Å². The number of pyridine rings is 1. The van der Waals surface area contributed by atoms with Gasteiger partial charge < -0.3 is 5.32 Å². The quantitative estimate of drug-likeness (QED) is 0.865. The second-order valence-electron chi connectivity index (χ2n) is 5.33. The number of rotatable bonds is 4. The number of nitrogens with one attached hydrogen (secondary N) is 1. The van der Waals surface area contributed by atoms with Crippen molar-refractivity contribution in [1.29, 1.82) is 0 Å². The molecule has 2 aliphatic rings. The zero-order valence-corrected chi connectivity index (χ0v) is 10.1. The number of aromatic nitrogens is 1. The maximum Gasteiger partial charge on any atom is 0.146 e. The van der Waals surface area contributed by atoms with E-state index >= 15 is 0 Å². The smallest absolute Gasteiger partial charge is 0.146 e. The summed E-state index contributed by atoms with van der Waals surface area (Å²) in [6, 6.07) is 2.25. The fourth-order valence-electron chi connectivity index (χ4n) is 2.62. The third-order valence-electron chi connectivity index (χ3n) is 3.90. The Labute approximate surface area is 102 Å². The van der Waals surface area contributed by atoms with Gasteiger partial charge in [-0.3, -0.25) is 4.98 Å². The molecular formula is C14H19FN2. The van der Waals surface area contributed by atoms with Gasteiger partial charge in [-0.05, 0) is 43.2 Å². The van der Waals surface area contributed by atoms with E-state index in [2.05, 4.69) is 10.3 Å². The molecule has 0 atom stereocenters. The highest BCUT2D eigenvalue weighted by Gasteiger charge is 2.24. The Morgan fingerprint density at radius 3 is 2.65 bits per heavy atom. The first-order chi connectivity index (χ1) is 8.33. The SMILES string of the molecule is Fc1cc(C2CC2)cnc1CNC1CCCC1. The largest absolute Gasteiger partial charge is 0.308 e. The van der Waals surface area contributed by atoms with Crippen molar-refractivity contribution in [3.05, 3.63) is 29.3 Å². The van der Waals surface area contributed by atoms with Gasteiger partial charge in [0, 0.05) is 18.8 Å². The molecule has 2 nitrogen and oxygen atoms in total. The van der Waals surface area contributed by atoms with Gasteiger partial charge in [-0.1, -0.05) is 12.8 Å². The molecule has 1 heterocycles. The van der Waals surface area contributed by atoms with Crippen molar-refractivity contribution >= 4 is 0 Å². The van der Waals surface area contributed by atoms with Gasteiger partial charge in [0.05, 0.1) is 5.69 Å². The van der Waals surface area contributed by atoms with Crippen LogP contribution in [0.2, 0.25) is 0 Å². The molecule has 0 amide bonds.